The van der Waals surface area contributed by atoms with E-state index in [1.165, 1.54) is 29.2 Å². The molecule has 1 aromatic carbocycles. The highest BCUT2D eigenvalue weighted by Crippen LogP contribution is 2.20. The normalized spacial score (nSPS) is 10.2. The lowest BCUT2D eigenvalue weighted by atomic mass is 10.2. The Morgan fingerprint density at radius 1 is 1.53 bits per heavy atom. The number of carbonyl (C=O) groups excluding carboxylic acids is 1. The zero-order valence-corrected chi connectivity index (χ0v) is 11.9. The van der Waals surface area contributed by atoms with Crippen molar-refractivity contribution in [3.8, 4) is 0 Å². The van der Waals surface area contributed by atoms with Gasteiger partial charge in [0.1, 0.15) is 6.33 Å². The number of anilines is 1. The predicted octanol–water partition coefficient (Wildman–Crippen LogP) is 1.58. The number of non-ortho nitro benzene ring substituents is 1. The Kier molecular flexibility index (Phi) is 3.74. The number of carbonyl (C=O) groups is 1. The quantitative estimate of drug-likeness (QED) is 0.500. The van der Waals surface area contributed by atoms with Crippen LogP contribution in [0.25, 0.3) is 0 Å². The van der Waals surface area contributed by atoms with Crippen molar-refractivity contribution in [2.45, 2.75) is 0 Å². The van der Waals surface area contributed by atoms with Crippen LogP contribution in [0.15, 0.2) is 24.5 Å². The fourth-order valence-electron chi connectivity index (χ4n) is 1.38. The summed E-state index contributed by atoms with van der Waals surface area (Å²) in [5.74, 6) is -0.198. The first-order valence-electron chi connectivity index (χ1n) is 5.08. The minimum absolute atomic E-state index is 0.136. The molecule has 0 bridgehead atoms. The first kappa shape index (κ1) is 13.4. The van der Waals surface area contributed by atoms with Crippen molar-refractivity contribution in [2.75, 3.05) is 5.32 Å². The van der Waals surface area contributed by atoms with E-state index in [1.807, 2.05) is 22.6 Å². The molecule has 19 heavy (non-hydrogen) atoms. The van der Waals surface area contributed by atoms with E-state index < -0.39 is 10.8 Å². The maximum absolute atomic E-state index is 12.0. The van der Waals surface area contributed by atoms with Crippen LogP contribution in [0, 0.1) is 13.7 Å². The third-order valence-corrected chi connectivity index (χ3v) is 3.28. The largest absolute Gasteiger partial charge is 0.291 e. The molecule has 0 aliphatic rings. The minimum Gasteiger partial charge on any atom is -0.291 e. The van der Waals surface area contributed by atoms with Gasteiger partial charge in [0.25, 0.3) is 11.6 Å². The molecule has 0 radical (unpaired) electrons. The average Bonchev–Trinajstić information content (AvgIpc) is 2.75. The lowest BCUT2D eigenvalue weighted by Crippen LogP contribution is -2.16. The summed E-state index contributed by atoms with van der Waals surface area (Å²) in [5, 5.41) is 17.1. The van der Waals surface area contributed by atoms with Crippen molar-refractivity contribution in [1.82, 2.24) is 14.8 Å². The number of rotatable bonds is 3. The third-order valence-electron chi connectivity index (χ3n) is 2.34. The Balaban J connectivity index is 2.31. The number of hydrogen-bond acceptors (Lipinski definition) is 5. The number of aromatic nitrogens is 3. The summed E-state index contributed by atoms with van der Waals surface area (Å²) < 4.78 is 2.00. The van der Waals surface area contributed by atoms with Crippen molar-refractivity contribution in [2.24, 2.45) is 7.05 Å². The molecule has 98 valence electrons. The summed E-state index contributed by atoms with van der Waals surface area (Å²) in [6.45, 7) is 0. The van der Waals surface area contributed by atoms with Crippen LogP contribution in [0.3, 0.4) is 0 Å². The van der Waals surface area contributed by atoms with Crippen LogP contribution in [-0.2, 0) is 7.05 Å². The van der Waals surface area contributed by atoms with Gasteiger partial charge in [-0.1, -0.05) is 0 Å². The average molecular weight is 373 g/mol. The van der Waals surface area contributed by atoms with E-state index in [4.69, 9.17) is 0 Å². The van der Waals surface area contributed by atoms with Gasteiger partial charge in [-0.05, 0) is 28.7 Å². The van der Waals surface area contributed by atoms with E-state index in [0.29, 0.717) is 3.57 Å². The summed E-state index contributed by atoms with van der Waals surface area (Å²) in [6.07, 6.45) is 1.30. The fraction of sp³-hybridized carbons (Fsp3) is 0.100. The van der Waals surface area contributed by atoms with E-state index >= 15 is 0 Å². The number of benzene rings is 1. The second kappa shape index (κ2) is 5.30. The van der Waals surface area contributed by atoms with Crippen molar-refractivity contribution in [1.29, 1.82) is 0 Å². The summed E-state index contributed by atoms with van der Waals surface area (Å²) in [5.41, 5.74) is 0.0846. The lowest BCUT2D eigenvalue weighted by molar-refractivity contribution is -0.384. The second-order valence-electron chi connectivity index (χ2n) is 3.58. The van der Waals surface area contributed by atoms with Crippen LogP contribution in [0.4, 0.5) is 11.6 Å². The Bertz CT molecular complexity index is 654. The van der Waals surface area contributed by atoms with Gasteiger partial charge in [0.2, 0.25) is 5.95 Å². The van der Waals surface area contributed by atoms with Crippen molar-refractivity contribution >= 4 is 40.1 Å². The van der Waals surface area contributed by atoms with Crippen LogP contribution >= 0.6 is 22.6 Å². The molecule has 9 heteroatoms. The molecule has 0 fully saturated rings. The molecule has 2 rings (SSSR count). The molecule has 8 nitrogen and oxygen atoms in total. The van der Waals surface area contributed by atoms with Crippen LogP contribution < -0.4 is 5.32 Å². The highest BCUT2D eigenvalue weighted by atomic mass is 127. The topological polar surface area (TPSA) is 103 Å². The molecule has 0 atom stereocenters. The second-order valence-corrected chi connectivity index (χ2v) is 4.74. The molecule has 1 heterocycles. The summed E-state index contributed by atoms with van der Waals surface area (Å²) in [7, 11) is 1.63. The van der Waals surface area contributed by atoms with E-state index in [1.54, 1.807) is 7.05 Å². The number of nitrogens with zero attached hydrogens (tertiary/aromatic N) is 4. The van der Waals surface area contributed by atoms with Crippen molar-refractivity contribution in [3.05, 3.63) is 43.8 Å². The van der Waals surface area contributed by atoms with Gasteiger partial charge < -0.3 is 0 Å². The zero-order valence-electron chi connectivity index (χ0n) is 9.70. The Labute approximate surface area is 121 Å². The summed E-state index contributed by atoms with van der Waals surface area (Å²) in [6, 6.07) is 4.10. The van der Waals surface area contributed by atoms with Gasteiger partial charge >= 0.3 is 0 Å². The smallest absolute Gasteiger partial charge is 0.270 e. The molecule has 0 saturated heterocycles. The summed E-state index contributed by atoms with van der Waals surface area (Å²) >= 11 is 1.94. The highest BCUT2D eigenvalue weighted by molar-refractivity contribution is 14.1. The standard InChI is InChI=1S/C10H8IN5O3/c1-15-10(12-5-13-15)14-9(17)7-4-6(16(18)19)2-3-8(7)11/h2-5H,1H3,(H,12,13,14,17). The molecular formula is C10H8IN5O3. The predicted molar refractivity (Wildman–Crippen MR) is 74.8 cm³/mol. The maximum atomic E-state index is 12.0. The molecule has 0 spiro atoms. The molecule has 2 aromatic rings. The Hall–Kier alpha value is -2.04. The molecule has 0 aliphatic heterocycles. The van der Waals surface area contributed by atoms with Gasteiger partial charge in [0.05, 0.1) is 10.5 Å². The highest BCUT2D eigenvalue weighted by Gasteiger charge is 2.16. The third kappa shape index (κ3) is 2.86. The Morgan fingerprint density at radius 3 is 2.84 bits per heavy atom. The molecule has 1 N–H and O–H groups in total. The SMILES string of the molecule is Cn1ncnc1NC(=O)c1cc([N+](=O)[O-])ccc1I. The van der Waals surface area contributed by atoms with Gasteiger partial charge in [0.15, 0.2) is 0 Å². The van der Waals surface area contributed by atoms with Crippen molar-refractivity contribution < 1.29 is 9.72 Å². The van der Waals surface area contributed by atoms with Gasteiger partial charge in [-0.2, -0.15) is 10.1 Å². The number of nitrogens with one attached hydrogen (secondary N) is 1. The monoisotopic (exact) mass is 373 g/mol. The number of amides is 1. The fourth-order valence-corrected chi connectivity index (χ4v) is 1.96. The van der Waals surface area contributed by atoms with Gasteiger partial charge in [-0.3, -0.25) is 20.2 Å². The van der Waals surface area contributed by atoms with Crippen molar-refractivity contribution in [3.63, 3.8) is 0 Å². The molecule has 0 unspecified atom stereocenters. The van der Waals surface area contributed by atoms with E-state index in [2.05, 4.69) is 15.4 Å². The first-order chi connectivity index (χ1) is 8.99. The van der Waals surface area contributed by atoms with E-state index in [-0.39, 0.29) is 17.2 Å². The van der Waals surface area contributed by atoms with Gasteiger partial charge in [-0.25, -0.2) is 4.68 Å². The number of halogens is 1. The molecule has 1 amide bonds. The van der Waals surface area contributed by atoms with Gasteiger partial charge in [-0.15, -0.1) is 0 Å². The van der Waals surface area contributed by atoms with E-state index in [9.17, 15) is 14.9 Å². The molecule has 0 saturated carbocycles. The zero-order chi connectivity index (χ0) is 14.0. The van der Waals surface area contributed by atoms with Crippen LogP contribution in [0.2, 0.25) is 0 Å². The number of hydrogen-bond donors (Lipinski definition) is 1. The molecule has 0 aliphatic carbocycles. The lowest BCUT2D eigenvalue weighted by Gasteiger charge is -2.05. The first-order valence-corrected chi connectivity index (χ1v) is 6.16. The number of nitro benzene ring substituents is 1. The Morgan fingerprint density at radius 2 is 2.26 bits per heavy atom. The van der Waals surface area contributed by atoms with E-state index in [0.717, 1.165) is 0 Å². The maximum Gasteiger partial charge on any atom is 0.270 e. The minimum atomic E-state index is -0.546. The number of nitro groups is 1. The number of aryl methyl sites for hydroxylation is 1. The van der Waals surface area contributed by atoms with Crippen LogP contribution in [0.1, 0.15) is 10.4 Å². The molecular weight excluding hydrogens is 365 g/mol. The van der Waals surface area contributed by atoms with Crippen LogP contribution in [-0.4, -0.2) is 25.6 Å². The molecule has 1 aromatic heterocycles. The van der Waals surface area contributed by atoms with Gasteiger partial charge in [0, 0.05) is 22.8 Å². The summed E-state index contributed by atoms with van der Waals surface area (Å²) in [4.78, 5) is 26.0. The van der Waals surface area contributed by atoms with Crippen LogP contribution in [0.5, 0.6) is 0 Å².